The molecule has 6 heteroatoms. The fourth-order valence-electron chi connectivity index (χ4n) is 4.49. The fraction of sp³-hybridized carbons (Fsp3) is 0.619. The van der Waals surface area contributed by atoms with Crippen LogP contribution in [0.25, 0.3) is 0 Å². The summed E-state index contributed by atoms with van der Waals surface area (Å²) >= 11 is 12.6. The van der Waals surface area contributed by atoms with Crippen molar-refractivity contribution in [2.24, 2.45) is 0 Å². The Kier molecular flexibility index (Phi) is 6.36. The normalized spacial score (nSPS) is 19.0. The summed E-state index contributed by atoms with van der Waals surface area (Å²) in [7, 11) is 0. The maximum atomic E-state index is 6.41. The lowest BCUT2D eigenvalue weighted by Crippen LogP contribution is -2.34. The maximum Gasteiger partial charge on any atom is 0.133 e. The summed E-state index contributed by atoms with van der Waals surface area (Å²) in [4.78, 5) is 2.58. The fourth-order valence-corrected chi connectivity index (χ4v) is 4.96. The molecule has 0 spiro atoms. The van der Waals surface area contributed by atoms with Gasteiger partial charge in [-0.3, -0.25) is 0 Å². The van der Waals surface area contributed by atoms with Crippen molar-refractivity contribution in [3.8, 4) is 0 Å². The van der Waals surface area contributed by atoms with Crippen LogP contribution in [0.3, 0.4) is 0 Å². The summed E-state index contributed by atoms with van der Waals surface area (Å²) in [6.45, 7) is 4.50. The zero-order valence-electron chi connectivity index (χ0n) is 15.8. The molecule has 146 valence electrons. The van der Waals surface area contributed by atoms with Crippen LogP contribution in [0.5, 0.6) is 0 Å². The van der Waals surface area contributed by atoms with E-state index in [-0.39, 0.29) is 0 Å². The molecule has 0 atom stereocenters. The monoisotopic (exact) mass is 406 g/mol. The van der Waals surface area contributed by atoms with Crippen LogP contribution in [-0.4, -0.2) is 39.3 Å². The number of hydrogen-bond acceptors (Lipinski definition) is 3. The second-order valence-corrected chi connectivity index (χ2v) is 8.64. The van der Waals surface area contributed by atoms with E-state index in [9.17, 15) is 0 Å². The number of hydrogen-bond donors (Lipinski definition) is 0. The van der Waals surface area contributed by atoms with Crippen molar-refractivity contribution in [1.29, 1.82) is 0 Å². The molecule has 0 bridgehead atoms. The number of fused-ring (bicyclic) bond motifs is 1. The van der Waals surface area contributed by atoms with E-state index in [0.29, 0.717) is 10.9 Å². The zero-order chi connectivity index (χ0) is 18.6. The maximum absolute atomic E-state index is 6.41. The van der Waals surface area contributed by atoms with E-state index < -0.39 is 0 Å². The van der Waals surface area contributed by atoms with Crippen LogP contribution in [0.1, 0.15) is 61.7 Å². The molecule has 0 aliphatic carbocycles. The highest BCUT2D eigenvalue weighted by Gasteiger charge is 2.23. The van der Waals surface area contributed by atoms with Crippen molar-refractivity contribution < 1.29 is 0 Å². The topological polar surface area (TPSA) is 34.0 Å². The van der Waals surface area contributed by atoms with Crippen LogP contribution in [0.15, 0.2) is 18.2 Å². The number of rotatable bonds is 5. The van der Waals surface area contributed by atoms with Gasteiger partial charge in [-0.05, 0) is 69.3 Å². The second-order valence-electron chi connectivity index (χ2n) is 7.86. The smallest absolute Gasteiger partial charge is 0.133 e. The third-order valence-corrected chi connectivity index (χ3v) is 6.90. The van der Waals surface area contributed by atoms with Crippen LogP contribution in [0.2, 0.25) is 10.0 Å². The summed E-state index contributed by atoms with van der Waals surface area (Å²) in [6.07, 6.45) is 9.41. The van der Waals surface area contributed by atoms with Crippen molar-refractivity contribution in [3.05, 3.63) is 45.5 Å². The number of benzene rings is 1. The van der Waals surface area contributed by atoms with Gasteiger partial charge in [0.1, 0.15) is 11.6 Å². The molecule has 2 aromatic rings. The van der Waals surface area contributed by atoms with Gasteiger partial charge in [-0.15, -0.1) is 10.2 Å². The molecule has 1 fully saturated rings. The highest BCUT2D eigenvalue weighted by atomic mass is 35.5. The summed E-state index contributed by atoms with van der Waals surface area (Å²) in [6, 6.07) is 6.01. The number of piperidine rings is 1. The average molecular weight is 407 g/mol. The molecule has 0 radical (unpaired) electrons. The van der Waals surface area contributed by atoms with Gasteiger partial charge in [-0.25, -0.2) is 0 Å². The molecule has 0 amide bonds. The molecule has 0 N–H and O–H groups in total. The van der Waals surface area contributed by atoms with Gasteiger partial charge >= 0.3 is 0 Å². The minimum atomic E-state index is 0.528. The molecule has 4 rings (SSSR count). The molecule has 4 nitrogen and oxygen atoms in total. The minimum Gasteiger partial charge on any atom is -0.315 e. The van der Waals surface area contributed by atoms with Gasteiger partial charge in [0.2, 0.25) is 0 Å². The van der Waals surface area contributed by atoms with Crippen LogP contribution in [0.4, 0.5) is 0 Å². The zero-order valence-corrected chi connectivity index (χ0v) is 17.4. The molecule has 1 aromatic carbocycles. The SMILES string of the molecule is Clc1cccc(C2CCN(CCCc3nnc4n3CCCCC4)CC2)c1Cl. The first kappa shape index (κ1) is 19.2. The lowest BCUT2D eigenvalue weighted by Gasteiger charge is -2.32. The van der Waals surface area contributed by atoms with Gasteiger partial charge in [0.15, 0.2) is 0 Å². The van der Waals surface area contributed by atoms with Gasteiger partial charge in [0.25, 0.3) is 0 Å². The average Bonchev–Trinajstić information content (AvgIpc) is 2.91. The van der Waals surface area contributed by atoms with E-state index >= 15 is 0 Å². The van der Waals surface area contributed by atoms with Crippen molar-refractivity contribution >= 4 is 23.2 Å². The molecule has 0 saturated carbocycles. The highest BCUT2D eigenvalue weighted by molar-refractivity contribution is 6.42. The summed E-state index contributed by atoms with van der Waals surface area (Å²) in [5.41, 5.74) is 1.22. The molecule has 27 heavy (non-hydrogen) atoms. The first-order chi connectivity index (χ1) is 13.2. The first-order valence-electron chi connectivity index (χ1n) is 10.3. The second kappa shape index (κ2) is 8.93. The standard InChI is InChI=1S/C21H28Cl2N4/c22-18-7-4-6-17(21(18)23)16-10-14-26(15-11-16)12-5-9-20-25-24-19-8-2-1-3-13-27(19)20/h4,6-7,16H,1-3,5,8-15H2. The predicted octanol–water partition coefficient (Wildman–Crippen LogP) is 5.12. The van der Waals surface area contributed by atoms with E-state index in [1.165, 1.54) is 36.5 Å². The largest absolute Gasteiger partial charge is 0.315 e. The Labute approximate surface area is 171 Å². The molecule has 2 aliphatic heterocycles. The summed E-state index contributed by atoms with van der Waals surface area (Å²) < 4.78 is 2.38. The Morgan fingerprint density at radius 1 is 1.00 bits per heavy atom. The van der Waals surface area contributed by atoms with E-state index in [4.69, 9.17) is 23.2 Å². The Morgan fingerprint density at radius 2 is 1.85 bits per heavy atom. The molecule has 3 heterocycles. The van der Waals surface area contributed by atoms with E-state index in [2.05, 4.69) is 25.7 Å². The molecular formula is C21H28Cl2N4. The van der Waals surface area contributed by atoms with Crippen LogP contribution < -0.4 is 0 Å². The van der Waals surface area contributed by atoms with Crippen molar-refractivity contribution in [3.63, 3.8) is 0 Å². The number of likely N-dealkylation sites (tertiary alicyclic amines) is 1. The molecule has 0 unspecified atom stereocenters. The Bertz CT molecular complexity index is 766. The first-order valence-corrected chi connectivity index (χ1v) is 11.0. The Hall–Kier alpha value is -1.10. The predicted molar refractivity (Wildman–Crippen MR) is 111 cm³/mol. The molecule has 2 aliphatic rings. The van der Waals surface area contributed by atoms with Gasteiger partial charge in [0.05, 0.1) is 10.0 Å². The summed E-state index contributed by atoms with van der Waals surface area (Å²) in [5, 5.41) is 10.3. The van der Waals surface area contributed by atoms with Crippen molar-refractivity contribution in [1.82, 2.24) is 19.7 Å². The van der Waals surface area contributed by atoms with Crippen LogP contribution in [0, 0.1) is 0 Å². The number of aryl methyl sites for hydroxylation is 2. The Morgan fingerprint density at radius 3 is 2.70 bits per heavy atom. The van der Waals surface area contributed by atoms with Gasteiger partial charge in [-0.2, -0.15) is 0 Å². The lowest BCUT2D eigenvalue weighted by atomic mass is 9.89. The van der Waals surface area contributed by atoms with Gasteiger partial charge in [-0.1, -0.05) is 41.8 Å². The van der Waals surface area contributed by atoms with E-state index in [1.54, 1.807) is 0 Å². The quantitative estimate of drug-likeness (QED) is 0.690. The van der Waals surface area contributed by atoms with Crippen LogP contribution in [-0.2, 0) is 19.4 Å². The third kappa shape index (κ3) is 4.49. The highest BCUT2D eigenvalue weighted by Crippen LogP contribution is 2.36. The van der Waals surface area contributed by atoms with Crippen molar-refractivity contribution in [2.45, 2.75) is 63.8 Å². The van der Waals surface area contributed by atoms with Gasteiger partial charge in [0, 0.05) is 19.4 Å². The Balaban J connectivity index is 1.26. The number of aromatic nitrogens is 3. The van der Waals surface area contributed by atoms with E-state index in [0.717, 1.165) is 63.3 Å². The summed E-state index contributed by atoms with van der Waals surface area (Å²) in [5.74, 6) is 2.91. The van der Waals surface area contributed by atoms with Gasteiger partial charge < -0.3 is 9.47 Å². The molecular weight excluding hydrogens is 379 g/mol. The minimum absolute atomic E-state index is 0.528. The molecule has 1 saturated heterocycles. The molecule has 1 aromatic heterocycles. The number of nitrogens with zero attached hydrogens (tertiary/aromatic N) is 4. The van der Waals surface area contributed by atoms with Crippen LogP contribution >= 0.6 is 23.2 Å². The lowest BCUT2D eigenvalue weighted by molar-refractivity contribution is 0.209. The third-order valence-electron chi connectivity index (χ3n) is 6.07. The number of halogens is 2. The van der Waals surface area contributed by atoms with E-state index in [1.807, 2.05) is 12.1 Å². The van der Waals surface area contributed by atoms with Crippen molar-refractivity contribution in [2.75, 3.05) is 19.6 Å².